The van der Waals surface area contributed by atoms with E-state index in [4.69, 9.17) is 15.2 Å². The number of carbonyl (C=O) groups excluding carboxylic acids is 1. The Kier molecular flexibility index (Phi) is 7.20. The van der Waals surface area contributed by atoms with Crippen molar-refractivity contribution in [1.29, 1.82) is 0 Å². The molecule has 1 aliphatic heterocycles. The van der Waals surface area contributed by atoms with Gasteiger partial charge in [0.2, 0.25) is 0 Å². The van der Waals surface area contributed by atoms with Crippen molar-refractivity contribution in [1.82, 2.24) is 9.55 Å². The van der Waals surface area contributed by atoms with Crippen LogP contribution in [0.25, 0.3) is 0 Å². The topological polar surface area (TPSA) is 137 Å². The molecule has 0 unspecified atom stereocenters. The smallest absolute Gasteiger partial charge is 0.351 e. The summed E-state index contributed by atoms with van der Waals surface area (Å²) in [4.78, 5) is 27.3. The molecule has 1 aromatic heterocycles. The molecule has 0 radical (unpaired) electrons. The van der Waals surface area contributed by atoms with Gasteiger partial charge in [-0.1, -0.05) is 32.1 Å². The fraction of sp³-hybridized carbons (Fsp3) is 0.737. The molecule has 4 atom stereocenters. The van der Waals surface area contributed by atoms with Gasteiger partial charge in [0.15, 0.2) is 17.9 Å². The van der Waals surface area contributed by atoms with Gasteiger partial charge in [0.05, 0.1) is 25.3 Å². The summed E-state index contributed by atoms with van der Waals surface area (Å²) in [7, 11) is 0. The Morgan fingerprint density at radius 1 is 1.31 bits per heavy atom. The minimum atomic E-state index is -1.54. The molecule has 0 spiro atoms. The number of nitrogen functional groups attached to an aromatic ring is 1. The molecule has 10 heteroatoms. The van der Waals surface area contributed by atoms with Crippen LogP contribution >= 0.6 is 0 Å². The molecular formula is C19H28FN3O6. The summed E-state index contributed by atoms with van der Waals surface area (Å²) in [5.74, 6) is -1.41. The predicted octanol–water partition coefficient (Wildman–Crippen LogP) is 0.878. The van der Waals surface area contributed by atoms with Crippen LogP contribution in [0.1, 0.15) is 57.6 Å². The maximum absolute atomic E-state index is 13.6. The zero-order valence-corrected chi connectivity index (χ0v) is 16.2. The van der Waals surface area contributed by atoms with Gasteiger partial charge in [-0.25, -0.2) is 9.18 Å². The number of nitrogens with zero attached hydrogens (tertiary/aromatic N) is 2. The monoisotopic (exact) mass is 413 g/mol. The largest absolute Gasteiger partial charge is 0.466 e. The number of ether oxygens (including phenoxy) is 2. The maximum atomic E-state index is 13.6. The number of aromatic nitrogens is 2. The third kappa shape index (κ3) is 5.31. The summed E-state index contributed by atoms with van der Waals surface area (Å²) < 4.78 is 25.0. The van der Waals surface area contributed by atoms with Gasteiger partial charge in [-0.15, -0.1) is 0 Å². The molecule has 1 aliphatic carbocycles. The number of esters is 1. The zero-order valence-electron chi connectivity index (χ0n) is 16.2. The first-order valence-electron chi connectivity index (χ1n) is 10.1. The fourth-order valence-electron chi connectivity index (χ4n) is 4.02. The van der Waals surface area contributed by atoms with Gasteiger partial charge in [0, 0.05) is 0 Å². The lowest BCUT2D eigenvalue weighted by atomic mass is 9.86. The van der Waals surface area contributed by atoms with E-state index in [9.17, 15) is 24.2 Å². The van der Waals surface area contributed by atoms with E-state index in [2.05, 4.69) is 4.98 Å². The Bertz CT molecular complexity index is 767. The van der Waals surface area contributed by atoms with Crippen molar-refractivity contribution in [2.75, 3.05) is 12.3 Å². The molecule has 29 heavy (non-hydrogen) atoms. The Morgan fingerprint density at radius 2 is 2.03 bits per heavy atom. The van der Waals surface area contributed by atoms with Gasteiger partial charge in [-0.05, 0) is 18.8 Å². The molecule has 4 N–H and O–H groups in total. The minimum Gasteiger partial charge on any atom is -0.466 e. The van der Waals surface area contributed by atoms with Crippen molar-refractivity contribution in [3.05, 3.63) is 22.5 Å². The fourth-order valence-corrected chi connectivity index (χ4v) is 4.02. The minimum absolute atomic E-state index is 0.288. The highest BCUT2D eigenvalue weighted by Crippen LogP contribution is 2.31. The summed E-state index contributed by atoms with van der Waals surface area (Å²) in [5, 5.41) is 20.3. The average molecular weight is 413 g/mol. The lowest BCUT2D eigenvalue weighted by molar-refractivity contribution is -0.148. The molecule has 3 rings (SSSR count). The van der Waals surface area contributed by atoms with Crippen molar-refractivity contribution in [2.45, 2.75) is 75.9 Å². The second-order valence-electron chi connectivity index (χ2n) is 7.78. The number of halogens is 1. The molecule has 1 saturated carbocycles. The van der Waals surface area contributed by atoms with E-state index in [1.54, 1.807) is 0 Å². The van der Waals surface area contributed by atoms with Crippen LogP contribution in [0.2, 0.25) is 0 Å². The van der Waals surface area contributed by atoms with E-state index in [1.807, 2.05) is 0 Å². The van der Waals surface area contributed by atoms with Crippen LogP contribution in [0.3, 0.4) is 0 Å². The molecule has 2 fully saturated rings. The first-order valence-corrected chi connectivity index (χ1v) is 10.1. The van der Waals surface area contributed by atoms with Crippen molar-refractivity contribution in [3.63, 3.8) is 0 Å². The van der Waals surface area contributed by atoms with Gasteiger partial charge in [-0.3, -0.25) is 9.36 Å². The van der Waals surface area contributed by atoms with E-state index in [-0.39, 0.29) is 13.0 Å². The number of anilines is 1. The highest BCUT2D eigenvalue weighted by atomic mass is 19.1. The zero-order chi connectivity index (χ0) is 21.0. The number of hydrogen-bond donors (Lipinski definition) is 3. The molecule has 2 heterocycles. The normalized spacial score (nSPS) is 27.8. The van der Waals surface area contributed by atoms with Crippen LogP contribution in [-0.2, 0) is 14.3 Å². The summed E-state index contributed by atoms with van der Waals surface area (Å²) in [5.41, 5.74) is 4.30. The van der Waals surface area contributed by atoms with E-state index in [0.29, 0.717) is 10.5 Å². The summed E-state index contributed by atoms with van der Waals surface area (Å²) in [6, 6.07) is 0. The first-order chi connectivity index (χ1) is 13.9. The molecule has 9 nitrogen and oxygen atoms in total. The number of nitrogens with two attached hydrogens (primary N) is 1. The van der Waals surface area contributed by atoms with Gasteiger partial charge < -0.3 is 25.4 Å². The molecule has 2 aliphatic rings. The van der Waals surface area contributed by atoms with E-state index < -0.39 is 47.8 Å². The highest BCUT2D eigenvalue weighted by Gasteiger charge is 2.45. The predicted molar refractivity (Wildman–Crippen MR) is 100 cm³/mol. The van der Waals surface area contributed by atoms with Crippen LogP contribution in [0.15, 0.2) is 11.0 Å². The van der Waals surface area contributed by atoms with Crippen molar-refractivity contribution < 1.29 is 28.9 Å². The number of rotatable bonds is 7. The van der Waals surface area contributed by atoms with E-state index >= 15 is 0 Å². The van der Waals surface area contributed by atoms with Crippen molar-refractivity contribution in [3.8, 4) is 0 Å². The van der Waals surface area contributed by atoms with E-state index in [1.165, 1.54) is 32.1 Å². The highest BCUT2D eigenvalue weighted by molar-refractivity contribution is 5.70. The molecule has 0 amide bonds. The van der Waals surface area contributed by atoms with Crippen LogP contribution in [0, 0.1) is 11.7 Å². The van der Waals surface area contributed by atoms with Gasteiger partial charge in [-0.2, -0.15) is 4.98 Å². The maximum Gasteiger partial charge on any atom is 0.351 e. The standard InChI is InChI=1S/C19H28FN3O6/c20-12-10-23(19(27)22-17(12)21)18-16(26)15(25)13(29-18)9-14(24)28-8-4-7-11-5-2-1-3-6-11/h10-11,13,15-16,18,25-26H,1-9H2,(H2,21,22,27)/t13-,15-,16-,18-/m1/s1. The van der Waals surface area contributed by atoms with Gasteiger partial charge >= 0.3 is 11.7 Å². The molecule has 0 bridgehead atoms. The quantitative estimate of drug-likeness (QED) is 0.442. The Morgan fingerprint density at radius 3 is 2.76 bits per heavy atom. The molecule has 162 valence electrons. The molecule has 1 saturated heterocycles. The van der Waals surface area contributed by atoms with Crippen molar-refractivity contribution in [2.24, 2.45) is 5.92 Å². The van der Waals surface area contributed by atoms with E-state index in [0.717, 1.165) is 19.0 Å². The van der Waals surface area contributed by atoms with Gasteiger partial charge in [0.25, 0.3) is 0 Å². The number of aliphatic hydroxyl groups is 2. The number of aliphatic hydroxyl groups excluding tert-OH is 2. The van der Waals surface area contributed by atoms with Crippen LogP contribution in [0.4, 0.5) is 10.2 Å². The van der Waals surface area contributed by atoms with Crippen LogP contribution < -0.4 is 11.4 Å². The second kappa shape index (κ2) is 9.64. The lowest BCUT2D eigenvalue weighted by Crippen LogP contribution is -2.36. The summed E-state index contributed by atoms with van der Waals surface area (Å²) in [6.45, 7) is 0.288. The Labute approximate surface area is 167 Å². The summed E-state index contributed by atoms with van der Waals surface area (Å²) in [6.07, 6.45) is 3.09. The SMILES string of the molecule is Nc1nc(=O)n([C@@H]2O[C@H](CC(=O)OCCCC3CCCCC3)[C@@H](O)[C@H]2O)cc1F. The van der Waals surface area contributed by atoms with Gasteiger partial charge in [0.1, 0.15) is 12.2 Å². The number of carbonyl (C=O) groups is 1. The Hall–Kier alpha value is -2.04. The molecular weight excluding hydrogens is 385 g/mol. The van der Waals surface area contributed by atoms with Crippen LogP contribution in [0.5, 0.6) is 0 Å². The Balaban J connectivity index is 1.49. The number of hydrogen-bond acceptors (Lipinski definition) is 8. The third-order valence-electron chi connectivity index (χ3n) is 5.66. The lowest BCUT2D eigenvalue weighted by Gasteiger charge is -2.21. The van der Waals surface area contributed by atoms with Crippen molar-refractivity contribution >= 4 is 11.8 Å². The third-order valence-corrected chi connectivity index (χ3v) is 5.66. The van der Waals surface area contributed by atoms with Crippen LogP contribution in [-0.4, -0.2) is 50.7 Å². The summed E-state index contributed by atoms with van der Waals surface area (Å²) >= 11 is 0. The second-order valence-corrected chi connectivity index (χ2v) is 7.78. The first kappa shape index (κ1) is 21.7. The molecule has 0 aromatic carbocycles. The average Bonchev–Trinajstić information content (AvgIpc) is 2.97. The molecule has 1 aromatic rings.